The van der Waals surface area contributed by atoms with Crippen molar-refractivity contribution in [3.05, 3.63) is 65.4 Å². The van der Waals surface area contributed by atoms with Gasteiger partial charge in [0.2, 0.25) is 5.91 Å². The minimum absolute atomic E-state index is 0.0304. The summed E-state index contributed by atoms with van der Waals surface area (Å²) < 4.78 is 26.9. The van der Waals surface area contributed by atoms with Crippen LogP contribution in [0.5, 0.6) is 5.75 Å². The van der Waals surface area contributed by atoms with Gasteiger partial charge in [0.15, 0.2) is 5.82 Å². The lowest BCUT2D eigenvalue weighted by Gasteiger charge is -2.22. The second-order valence-electron chi connectivity index (χ2n) is 8.18. The largest absolute Gasteiger partial charge is 0.497 e. The highest BCUT2D eigenvalue weighted by molar-refractivity contribution is 5.87. The van der Waals surface area contributed by atoms with Crippen molar-refractivity contribution in [3.8, 4) is 17.6 Å². The highest BCUT2D eigenvalue weighted by Crippen LogP contribution is 2.35. The van der Waals surface area contributed by atoms with Crippen LogP contribution < -0.4 is 10.5 Å². The smallest absolute Gasteiger partial charge is 0.246 e. The van der Waals surface area contributed by atoms with E-state index in [2.05, 4.69) is 28.5 Å². The molecular formula is C25H26FN5O3. The van der Waals surface area contributed by atoms with Gasteiger partial charge in [-0.15, -0.1) is 0 Å². The zero-order valence-electron chi connectivity index (χ0n) is 19.3. The second-order valence-corrected chi connectivity index (χ2v) is 8.18. The number of benzene rings is 1. The van der Waals surface area contributed by atoms with E-state index < -0.39 is 5.82 Å². The topological polar surface area (TPSA) is 95.0 Å². The molecule has 34 heavy (non-hydrogen) atoms. The number of hydrogen-bond donors (Lipinski definition) is 1. The molecule has 9 heteroatoms. The number of nitrogen functional groups attached to an aromatic ring is 1. The Labute approximate surface area is 197 Å². The van der Waals surface area contributed by atoms with E-state index in [9.17, 15) is 9.18 Å². The van der Waals surface area contributed by atoms with Crippen molar-refractivity contribution in [2.75, 3.05) is 33.1 Å². The Balaban J connectivity index is 1.78. The Morgan fingerprint density at radius 2 is 2.09 bits per heavy atom. The van der Waals surface area contributed by atoms with E-state index in [-0.39, 0.29) is 29.2 Å². The summed E-state index contributed by atoms with van der Waals surface area (Å²) in [6.07, 6.45) is 3.37. The first-order chi connectivity index (χ1) is 16.4. The SMILES string of the molecule is C=CC(=O)N1C[C@@H](c2cc(C#Cc3cc(OC)cc(C)c3F)c3c(N)ncnn23)C[C@@H]1COC. The molecule has 0 saturated carbocycles. The number of halogens is 1. The van der Waals surface area contributed by atoms with Crippen LogP contribution in [0.3, 0.4) is 0 Å². The Bertz CT molecular complexity index is 1320. The van der Waals surface area contributed by atoms with E-state index in [0.29, 0.717) is 42.0 Å². The van der Waals surface area contributed by atoms with Crippen LogP contribution in [0, 0.1) is 24.6 Å². The second kappa shape index (κ2) is 9.53. The summed E-state index contributed by atoms with van der Waals surface area (Å²) in [6.45, 7) is 6.16. The number of rotatable bonds is 5. The lowest BCUT2D eigenvalue weighted by Crippen LogP contribution is -2.37. The third kappa shape index (κ3) is 4.20. The molecule has 3 aromatic rings. The fraction of sp³-hybridized carbons (Fsp3) is 0.320. The van der Waals surface area contributed by atoms with Gasteiger partial charge in [-0.3, -0.25) is 4.79 Å². The molecule has 2 aromatic heterocycles. The van der Waals surface area contributed by atoms with Gasteiger partial charge < -0.3 is 20.1 Å². The zero-order chi connectivity index (χ0) is 24.4. The molecule has 3 heterocycles. The van der Waals surface area contributed by atoms with Gasteiger partial charge in [0.1, 0.15) is 23.4 Å². The fourth-order valence-electron chi connectivity index (χ4n) is 4.43. The number of anilines is 1. The van der Waals surface area contributed by atoms with Crippen LogP contribution in [0.1, 0.15) is 34.7 Å². The molecule has 2 atom stereocenters. The first-order valence-electron chi connectivity index (χ1n) is 10.8. The molecule has 1 aliphatic rings. The van der Waals surface area contributed by atoms with Gasteiger partial charge >= 0.3 is 0 Å². The average molecular weight is 464 g/mol. The molecule has 4 rings (SSSR count). The van der Waals surface area contributed by atoms with Crippen LogP contribution in [-0.2, 0) is 9.53 Å². The minimum atomic E-state index is -0.405. The van der Waals surface area contributed by atoms with Crippen LogP contribution >= 0.6 is 0 Å². The van der Waals surface area contributed by atoms with Crippen molar-refractivity contribution in [1.82, 2.24) is 19.5 Å². The molecule has 0 unspecified atom stereocenters. The van der Waals surface area contributed by atoms with Crippen molar-refractivity contribution >= 4 is 17.2 Å². The molecule has 0 aliphatic carbocycles. The van der Waals surface area contributed by atoms with Gasteiger partial charge in [0, 0.05) is 25.3 Å². The van der Waals surface area contributed by atoms with Crippen LogP contribution in [0.4, 0.5) is 10.2 Å². The van der Waals surface area contributed by atoms with Gasteiger partial charge in [0.25, 0.3) is 0 Å². The molecule has 2 N–H and O–H groups in total. The maximum atomic E-state index is 14.7. The monoisotopic (exact) mass is 463 g/mol. The first kappa shape index (κ1) is 23.3. The summed E-state index contributed by atoms with van der Waals surface area (Å²) in [7, 11) is 3.13. The number of nitrogens with zero attached hydrogens (tertiary/aromatic N) is 4. The van der Waals surface area contributed by atoms with Crippen LogP contribution in [0.25, 0.3) is 5.52 Å². The number of aryl methyl sites for hydroxylation is 1. The van der Waals surface area contributed by atoms with E-state index in [1.54, 1.807) is 35.6 Å². The third-order valence-electron chi connectivity index (χ3n) is 6.06. The Morgan fingerprint density at radius 1 is 1.32 bits per heavy atom. The van der Waals surface area contributed by atoms with E-state index in [0.717, 1.165) is 5.69 Å². The summed E-state index contributed by atoms with van der Waals surface area (Å²) in [4.78, 5) is 18.3. The highest BCUT2D eigenvalue weighted by Gasteiger charge is 2.37. The lowest BCUT2D eigenvalue weighted by atomic mass is 10.0. The number of fused-ring (bicyclic) bond motifs is 1. The summed E-state index contributed by atoms with van der Waals surface area (Å²) in [5.41, 5.74) is 8.80. The Hall–Kier alpha value is -3.90. The van der Waals surface area contributed by atoms with Crippen molar-refractivity contribution in [2.24, 2.45) is 0 Å². The van der Waals surface area contributed by atoms with Crippen molar-refractivity contribution in [3.63, 3.8) is 0 Å². The standard InChI is InChI=1S/C25H26FN5O3/c1-5-22(32)30-12-18(9-19(30)13-33-3)21-11-17(24-25(27)28-14-29-31(21)24)7-6-16-10-20(34-4)8-15(2)23(16)26/h5,8,10-11,14,18-19H,1,9,12-13H2,2-4H3,(H2,27,28,29)/t18-,19+/m0/s1. The van der Waals surface area contributed by atoms with Crippen LogP contribution in [0.15, 0.2) is 37.2 Å². The van der Waals surface area contributed by atoms with Crippen molar-refractivity contribution in [2.45, 2.75) is 25.3 Å². The molecule has 8 nitrogen and oxygen atoms in total. The van der Waals surface area contributed by atoms with Crippen LogP contribution in [-0.4, -0.2) is 58.8 Å². The minimum Gasteiger partial charge on any atom is -0.497 e. The fourth-order valence-corrected chi connectivity index (χ4v) is 4.43. The van der Waals surface area contributed by atoms with Crippen LogP contribution in [0.2, 0.25) is 0 Å². The number of likely N-dealkylation sites (tertiary alicyclic amines) is 1. The predicted octanol–water partition coefficient (Wildman–Crippen LogP) is 2.68. The Kier molecular flexibility index (Phi) is 6.52. The molecule has 0 spiro atoms. The summed E-state index contributed by atoms with van der Waals surface area (Å²) in [5.74, 6) is 6.15. The number of nitrogens with two attached hydrogens (primary N) is 1. The van der Waals surface area contributed by atoms with Gasteiger partial charge in [0.05, 0.1) is 30.9 Å². The molecule has 1 aromatic carbocycles. The van der Waals surface area contributed by atoms with Gasteiger partial charge in [-0.2, -0.15) is 5.10 Å². The van der Waals surface area contributed by atoms with E-state index in [1.807, 2.05) is 6.07 Å². The molecule has 1 aliphatic heterocycles. The average Bonchev–Trinajstić information content (AvgIpc) is 3.42. The Morgan fingerprint density at radius 3 is 2.79 bits per heavy atom. The number of amides is 1. The number of aromatic nitrogens is 3. The number of carbonyl (C=O) groups is 1. The van der Waals surface area contributed by atoms with Gasteiger partial charge in [-0.1, -0.05) is 18.4 Å². The van der Waals surface area contributed by atoms with E-state index >= 15 is 0 Å². The maximum absolute atomic E-state index is 14.7. The maximum Gasteiger partial charge on any atom is 0.246 e. The number of methoxy groups -OCH3 is 2. The highest BCUT2D eigenvalue weighted by atomic mass is 19.1. The summed E-state index contributed by atoms with van der Waals surface area (Å²) in [6, 6.07) is 4.97. The van der Waals surface area contributed by atoms with Crippen molar-refractivity contribution in [1.29, 1.82) is 0 Å². The lowest BCUT2D eigenvalue weighted by molar-refractivity contribution is -0.127. The molecule has 176 valence electrons. The van der Waals surface area contributed by atoms with E-state index in [4.69, 9.17) is 15.2 Å². The number of ether oxygens (including phenoxy) is 2. The van der Waals surface area contributed by atoms with E-state index in [1.165, 1.54) is 19.5 Å². The molecule has 1 amide bonds. The predicted molar refractivity (Wildman–Crippen MR) is 126 cm³/mol. The zero-order valence-corrected chi connectivity index (χ0v) is 19.3. The molecule has 0 radical (unpaired) electrons. The number of carbonyl (C=O) groups excluding carboxylic acids is 1. The molecule has 1 saturated heterocycles. The summed E-state index contributed by atoms with van der Waals surface area (Å²) >= 11 is 0. The van der Waals surface area contributed by atoms with Crippen molar-refractivity contribution < 1.29 is 18.7 Å². The molecule has 1 fully saturated rings. The quantitative estimate of drug-likeness (QED) is 0.462. The summed E-state index contributed by atoms with van der Waals surface area (Å²) in [5, 5.41) is 4.39. The molecule has 0 bridgehead atoms. The first-order valence-corrected chi connectivity index (χ1v) is 10.8. The normalized spacial score (nSPS) is 17.5. The third-order valence-corrected chi connectivity index (χ3v) is 6.06. The number of hydrogen-bond acceptors (Lipinski definition) is 6. The van der Waals surface area contributed by atoms with Gasteiger partial charge in [-0.05, 0) is 43.2 Å². The molecular weight excluding hydrogens is 437 g/mol. The van der Waals surface area contributed by atoms with Gasteiger partial charge in [-0.25, -0.2) is 13.9 Å².